The number of carbonyl (C=O) groups excluding carboxylic acids is 1. The number of Topliss-reactive ketones (excluding diaryl/α,β-unsaturated/α-hetero) is 1. The smallest absolute Gasteiger partial charge is 0.269 e. The van der Waals surface area contributed by atoms with E-state index in [2.05, 4.69) is 10.00 Å². The molecule has 1 aliphatic rings. The quantitative estimate of drug-likeness (QED) is 0.789. The molecule has 0 unspecified atom stereocenters. The molecule has 1 aliphatic heterocycles. The van der Waals surface area contributed by atoms with E-state index in [0.717, 1.165) is 38.0 Å². The number of aromatic nitrogens is 2. The van der Waals surface area contributed by atoms with Gasteiger partial charge < -0.3 is 9.64 Å². The summed E-state index contributed by atoms with van der Waals surface area (Å²) < 4.78 is 6.58. The molecular weight excluding hydrogens is 270 g/mol. The van der Waals surface area contributed by atoms with E-state index in [4.69, 9.17) is 4.74 Å². The summed E-state index contributed by atoms with van der Waals surface area (Å²) in [6, 6.07) is 1.57. The molecule has 21 heavy (non-hydrogen) atoms. The summed E-state index contributed by atoms with van der Waals surface area (Å²) in [5.41, 5.74) is 0.611. The number of hydrogen-bond donors (Lipinski definition) is 0. The number of piperidine rings is 1. The van der Waals surface area contributed by atoms with Gasteiger partial charge in [-0.05, 0) is 19.3 Å². The molecule has 0 amide bonds. The van der Waals surface area contributed by atoms with Crippen molar-refractivity contribution < 1.29 is 9.53 Å². The van der Waals surface area contributed by atoms with Crippen molar-refractivity contribution in [2.45, 2.75) is 45.3 Å². The van der Waals surface area contributed by atoms with Crippen LogP contribution in [0.4, 0.5) is 5.69 Å². The van der Waals surface area contributed by atoms with Crippen LogP contribution in [0.3, 0.4) is 0 Å². The molecule has 2 heterocycles. The predicted octanol–water partition coefficient (Wildman–Crippen LogP) is 1.23. The number of carbonyl (C=O) groups is 1. The Morgan fingerprint density at radius 2 is 2.14 bits per heavy atom. The lowest BCUT2D eigenvalue weighted by Crippen LogP contribution is -2.38. The highest BCUT2D eigenvalue weighted by Crippen LogP contribution is 2.18. The second-order valence-corrected chi connectivity index (χ2v) is 5.42. The predicted molar refractivity (Wildman–Crippen MR) is 80.7 cm³/mol. The van der Waals surface area contributed by atoms with Crippen molar-refractivity contribution in [3.05, 3.63) is 22.6 Å². The van der Waals surface area contributed by atoms with Gasteiger partial charge in [0, 0.05) is 32.7 Å². The number of ketones is 1. The van der Waals surface area contributed by atoms with Gasteiger partial charge in [-0.15, -0.1) is 0 Å². The van der Waals surface area contributed by atoms with Crippen LogP contribution in [0.1, 0.15) is 32.6 Å². The van der Waals surface area contributed by atoms with E-state index in [1.54, 1.807) is 19.4 Å². The third kappa shape index (κ3) is 4.14. The van der Waals surface area contributed by atoms with Gasteiger partial charge in [0.05, 0.1) is 18.0 Å². The molecule has 0 N–H and O–H groups in total. The van der Waals surface area contributed by atoms with Gasteiger partial charge in [0.1, 0.15) is 6.54 Å². The fourth-order valence-corrected chi connectivity index (χ4v) is 2.59. The molecule has 0 atom stereocenters. The Bertz CT molecular complexity index is 533. The van der Waals surface area contributed by atoms with Crippen LogP contribution in [0, 0.1) is 0 Å². The molecule has 0 bridgehead atoms. The van der Waals surface area contributed by atoms with Gasteiger partial charge in [-0.1, -0.05) is 6.92 Å². The van der Waals surface area contributed by atoms with Gasteiger partial charge in [-0.2, -0.15) is 5.10 Å². The zero-order chi connectivity index (χ0) is 15.2. The molecule has 1 aromatic heterocycles. The molecule has 0 radical (unpaired) electrons. The minimum atomic E-state index is -0.217. The summed E-state index contributed by atoms with van der Waals surface area (Å²) in [6.45, 7) is 3.73. The molecule has 116 valence electrons. The van der Waals surface area contributed by atoms with Crippen molar-refractivity contribution in [3.63, 3.8) is 0 Å². The van der Waals surface area contributed by atoms with Crippen LogP contribution >= 0.6 is 0 Å². The fourth-order valence-electron chi connectivity index (χ4n) is 2.59. The first-order chi connectivity index (χ1) is 10.1. The normalized spacial score (nSPS) is 16.2. The van der Waals surface area contributed by atoms with Crippen molar-refractivity contribution in [1.82, 2.24) is 9.78 Å². The molecule has 0 spiro atoms. The summed E-state index contributed by atoms with van der Waals surface area (Å²) in [7, 11) is 1.73. The van der Waals surface area contributed by atoms with E-state index in [1.165, 1.54) is 4.68 Å². The Balaban J connectivity index is 2.02. The third-order valence-electron chi connectivity index (χ3n) is 3.85. The maximum atomic E-state index is 12.0. The third-order valence-corrected chi connectivity index (χ3v) is 3.85. The molecular formula is C15H23N3O3. The lowest BCUT2D eigenvalue weighted by molar-refractivity contribution is -0.119. The van der Waals surface area contributed by atoms with Crippen LogP contribution in [-0.4, -0.2) is 41.9 Å². The van der Waals surface area contributed by atoms with Crippen LogP contribution < -0.4 is 10.5 Å². The molecule has 0 aliphatic carbocycles. The summed E-state index contributed by atoms with van der Waals surface area (Å²) in [5, 5.41) is 4.13. The molecule has 2 rings (SSSR count). The molecule has 1 aromatic rings. The SMILES string of the molecule is CCCC(=O)Cn1ncc(N2CCC(OC)CC2)cc1=O. The van der Waals surface area contributed by atoms with Crippen molar-refractivity contribution in [2.24, 2.45) is 0 Å². The number of ether oxygens (including phenoxy) is 1. The number of methoxy groups -OCH3 is 1. The Morgan fingerprint density at radius 3 is 2.71 bits per heavy atom. The largest absolute Gasteiger partial charge is 0.381 e. The minimum Gasteiger partial charge on any atom is -0.381 e. The maximum absolute atomic E-state index is 12.0. The van der Waals surface area contributed by atoms with E-state index in [1.807, 2.05) is 6.92 Å². The van der Waals surface area contributed by atoms with Gasteiger partial charge in [-0.25, -0.2) is 4.68 Å². The summed E-state index contributed by atoms with van der Waals surface area (Å²) in [5.74, 6) is 0.0424. The summed E-state index contributed by atoms with van der Waals surface area (Å²) >= 11 is 0. The number of nitrogens with zero attached hydrogens (tertiary/aromatic N) is 3. The monoisotopic (exact) mass is 293 g/mol. The highest BCUT2D eigenvalue weighted by Gasteiger charge is 2.19. The van der Waals surface area contributed by atoms with Crippen LogP contribution in [0.15, 0.2) is 17.1 Å². The first-order valence-electron chi connectivity index (χ1n) is 7.50. The molecule has 0 aromatic carbocycles. The lowest BCUT2D eigenvalue weighted by atomic mass is 10.1. The Labute approximate surface area is 124 Å². The Kier molecular flexibility index (Phi) is 5.50. The van der Waals surface area contributed by atoms with Crippen molar-refractivity contribution in [3.8, 4) is 0 Å². The van der Waals surface area contributed by atoms with Crippen molar-refractivity contribution in [1.29, 1.82) is 0 Å². The summed E-state index contributed by atoms with van der Waals surface area (Å²) in [4.78, 5) is 25.8. The van der Waals surface area contributed by atoms with Gasteiger partial charge in [0.15, 0.2) is 5.78 Å². The van der Waals surface area contributed by atoms with Crippen LogP contribution in [-0.2, 0) is 16.1 Å². The zero-order valence-electron chi connectivity index (χ0n) is 12.7. The second kappa shape index (κ2) is 7.36. The first kappa shape index (κ1) is 15.7. The average Bonchev–Trinajstić information content (AvgIpc) is 2.50. The van der Waals surface area contributed by atoms with Gasteiger partial charge in [-0.3, -0.25) is 9.59 Å². The highest BCUT2D eigenvalue weighted by atomic mass is 16.5. The maximum Gasteiger partial charge on any atom is 0.269 e. The number of rotatable bonds is 6. The van der Waals surface area contributed by atoms with E-state index in [0.29, 0.717) is 12.5 Å². The molecule has 6 heteroatoms. The molecule has 0 saturated carbocycles. The average molecular weight is 293 g/mol. The zero-order valence-corrected chi connectivity index (χ0v) is 12.7. The van der Waals surface area contributed by atoms with Gasteiger partial charge in [0.25, 0.3) is 5.56 Å². The highest BCUT2D eigenvalue weighted by molar-refractivity contribution is 5.77. The Morgan fingerprint density at radius 1 is 1.43 bits per heavy atom. The van der Waals surface area contributed by atoms with Gasteiger partial charge >= 0.3 is 0 Å². The van der Waals surface area contributed by atoms with Crippen LogP contribution in [0.25, 0.3) is 0 Å². The lowest BCUT2D eigenvalue weighted by Gasteiger charge is -2.32. The van der Waals surface area contributed by atoms with Crippen molar-refractivity contribution in [2.75, 3.05) is 25.1 Å². The molecule has 6 nitrogen and oxygen atoms in total. The topological polar surface area (TPSA) is 64.4 Å². The standard InChI is InChI=1S/C15H23N3O3/c1-3-4-13(19)11-18-15(20)9-12(10-16-18)17-7-5-14(21-2)6-8-17/h9-10,14H,3-8,11H2,1-2H3. The number of anilines is 1. The fraction of sp³-hybridized carbons (Fsp3) is 0.667. The van der Waals surface area contributed by atoms with E-state index >= 15 is 0 Å². The van der Waals surface area contributed by atoms with Gasteiger partial charge in [0.2, 0.25) is 0 Å². The van der Waals surface area contributed by atoms with E-state index in [-0.39, 0.29) is 17.9 Å². The van der Waals surface area contributed by atoms with Crippen LogP contribution in [0.2, 0.25) is 0 Å². The Hall–Kier alpha value is -1.69. The number of hydrogen-bond acceptors (Lipinski definition) is 5. The summed E-state index contributed by atoms with van der Waals surface area (Å²) in [6.07, 6.45) is 5.17. The molecule has 1 fully saturated rings. The second-order valence-electron chi connectivity index (χ2n) is 5.42. The van der Waals surface area contributed by atoms with E-state index < -0.39 is 0 Å². The van der Waals surface area contributed by atoms with E-state index in [9.17, 15) is 9.59 Å². The molecule has 1 saturated heterocycles. The van der Waals surface area contributed by atoms with Crippen molar-refractivity contribution >= 4 is 11.5 Å². The minimum absolute atomic E-state index is 0.0424. The van der Waals surface area contributed by atoms with Crippen LogP contribution in [0.5, 0.6) is 0 Å². The first-order valence-corrected chi connectivity index (χ1v) is 7.50.